The van der Waals surface area contributed by atoms with Crippen molar-refractivity contribution in [1.29, 1.82) is 0 Å². The van der Waals surface area contributed by atoms with Gasteiger partial charge in [-0.25, -0.2) is 0 Å². The molecule has 2 saturated carbocycles. The molecular formula is C11H16N4O. The van der Waals surface area contributed by atoms with E-state index in [0.29, 0.717) is 5.69 Å². The molecule has 5 heteroatoms. The lowest BCUT2D eigenvalue weighted by Gasteiger charge is -2.21. The van der Waals surface area contributed by atoms with Gasteiger partial charge in [-0.3, -0.25) is 4.79 Å². The van der Waals surface area contributed by atoms with Gasteiger partial charge in [-0.2, -0.15) is 15.4 Å². The number of hydrogen-bond donors (Lipinski definition) is 1. The summed E-state index contributed by atoms with van der Waals surface area (Å²) >= 11 is 0. The Balaban J connectivity index is 1.67. The number of carbonyl (C=O) groups is 1. The van der Waals surface area contributed by atoms with Gasteiger partial charge in [0.25, 0.3) is 5.91 Å². The molecule has 0 aliphatic heterocycles. The number of rotatable bonds is 5. The number of amides is 1. The number of carbonyl (C=O) groups excluding carboxylic acids is 1. The van der Waals surface area contributed by atoms with E-state index in [0.717, 1.165) is 24.9 Å². The standard InChI is InChI=1S/C11H16N4O/c16-11(10-5-12-14-13-10)15(6-8-1-2-8)7-9-3-4-9/h5,8-9H,1-4,6-7H2,(H,12,13,14). The van der Waals surface area contributed by atoms with E-state index in [9.17, 15) is 4.79 Å². The van der Waals surface area contributed by atoms with Crippen LogP contribution in [0.15, 0.2) is 6.20 Å². The Morgan fingerprint density at radius 2 is 1.94 bits per heavy atom. The molecule has 2 aliphatic rings. The van der Waals surface area contributed by atoms with Gasteiger partial charge in [0.15, 0.2) is 5.69 Å². The zero-order valence-electron chi connectivity index (χ0n) is 9.22. The maximum absolute atomic E-state index is 12.1. The Kier molecular flexibility index (Phi) is 2.38. The van der Waals surface area contributed by atoms with Crippen molar-refractivity contribution < 1.29 is 4.79 Å². The van der Waals surface area contributed by atoms with Gasteiger partial charge in [-0.15, -0.1) is 0 Å². The minimum atomic E-state index is 0.0348. The summed E-state index contributed by atoms with van der Waals surface area (Å²) in [5, 5.41) is 10.1. The second-order valence-electron chi connectivity index (χ2n) is 4.95. The molecule has 1 N–H and O–H groups in total. The van der Waals surface area contributed by atoms with E-state index in [2.05, 4.69) is 15.4 Å². The molecule has 1 heterocycles. The second kappa shape index (κ2) is 3.88. The molecule has 0 atom stereocenters. The van der Waals surface area contributed by atoms with Gasteiger partial charge < -0.3 is 4.90 Å². The molecule has 3 rings (SSSR count). The Morgan fingerprint density at radius 1 is 1.31 bits per heavy atom. The van der Waals surface area contributed by atoms with Crippen molar-refractivity contribution in [2.75, 3.05) is 13.1 Å². The van der Waals surface area contributed by atoms with E-state index < -0.39 is 0 Å². The van der Waals surface area contributed by atoms with E-state index in [-0.39, 0.29) is 5.91 Å². The molecule has 2 aliphatic carbocycles. The highest BCUT2D eigenvalue weighted by atomic mass is 16.2. The Hall–Kier alpha value is -1.39. The first-order valence-electron chi connectivity index (χ1n) is 5.98. The van der Waals surface area contributed by atoms with Crippen LogP contribution in [0, 0.1) is 11.8 Å². The number of nitrogens with one attached hydrogen (secondary N) is 1. The van der Waals surface area contributed by atoms with Crippen LogP contribution < -0.4 is 0 Å². The summed E-state index contributed by atoms with van der Waals surface area (Å²) in [6.07, 6.45) is 6.59. The smallest absolute Gasteiger partial charge is 0.276 e. The van der Waals surface area contributed by atoms with E-state index >= 15 is 0 Å². The average Bonchev–Trinajstić information content (AvgIpc) is 3.20. The van der Waals surface area contributed by atoms with Gasteiger partial charge >= 0.3 is 0 Å². The van der Waals surface area contributed by atoms with Gasteiger partial charge in [-0.1, -0.05) is 0 Å². The van der Waals surface area contributed by atoms with Crippen LogP contribution in [0.4, 0.5) is 0 Å². The monoisotopic (exact) mass is 220 g/mol. The van der Waals surface area contributed by atoms with Crippen LogP contribution in [0.25, 0.3) is 0 Å². The quantitative estimate of drug-likeness (QED) is 0.807. The van der Waals surface area contributed by atoms with Gasteiger partial charge in [-0.05, 0) is 37.5 Å². The van der Waals surface area contributed by atoms with Crippen molar-refractivity contribution >= 4 is 5.91 Å². The molecule has 0 radical (unpaired) electrons. The van der Waals surface area contributed by atoms with Gasteiger partial charge in [0.05, 0.1) is 6.20 Å². The normalized spacial score (nSPS) is 19.8. The lowest BCUT2D eigenvalue weighted by atomic mass is 10.3. The summed E-state index contributed by atoms with van der Waals surface area (Å²) in [6, 6.07) is 0. The Labute approximate surface area is 94.2 Å². The van der Waals surface area contributed by atoms with Crippen molar-refractivity contribution in [1.82, 2.24) is 20.3 Å². The van der Waals surface area contributed by atoms with Gasteiger partial charge in [0, 0.05) is 13.1 Å². The highest BCUT2D eigenvalue weighted by Gasteiger charge is 2.32. The van der Waals surface area contributed by atoms with Gasteiger partial charge in [0.1, 0.15) is 0 Å². The van der Waals surface area contributed by atoms with Crippen LogP contribution in [0.1, 0.15) is 36.2 Å². The maximum atomic E-state index is 12.1. The summed E-state index contributed by atoms with van der Waals surface area (Å²) in [7, 11) is 0. The fourth-order valence-electron chi connectivity index (χ4n) is 1.93. The third-order valence-electron chi connectivity index (χ3n) is 3.27. The zero-order valence-corrected chi connectivity index (χ0v) is 9.22. The average molecular weight is 220 g/mol. The lowest BCUT2D eigenvalue weighted by Crippen LogP contribution is -2.35. The van der Waals surface area contributed by atoms with Crippen molar-refractivity contribution in [3.8, 4) is 0 Å². The van der Waals surface area contributed by atoms with Crippen molar-refractivity contribution in [2.24, 2.45) is 11.8 Å². The molecule has 0 saturated heterocycles. The van der Waals surface area contributed by atoms with Crippen LogP contribution in [0.3, 0.4) is 0 Å². The first-order chi connectivity index (χ1) is 7.83. The highest BCUT2D eigenvalue weighted by Crippen LogP contribution is 2.34. The Morgan fingerprint density at radius 3 is 2.38 bits per heavy atom. The molecule has 0 bridgehead atoms. The fourth-order valence-corrected chi connectivity index (χ4v) is 1.93. The third kappa shape index (κ3) is 2.23. The molecule has 0 spiro atoms. The van der Waals surface area contributed by atoms with Crippen LogP contribution in [0.2, 0.25) is 0 Å². The third-order valence-corrected chi connectivity index (χ3v) is 3.27. The minimum Gasteiger partial charge on any atom is -0.337 e. The number of aromatic amines is 1. The largest absolute Gasteiger partial charge is 0.337 e. The molecule has 16 heavy (non-hydrogen) atoms. The van der Waals surface area contributed by atoms with E-state index in [1.54, 1.807) is 0 Å². The summed E-state index contributed by atoms with van der Waals surface area (Å²) < 4.78 is 0. The molecule has 1 amide bonds. The number of nitrogens with zero attached hydrogens (tertiary/aromatic N) is 3. The molecule has 0 unspecified atom stereocenters. The van der Waals surface area contributed by atoms with Gasteiger partial charge in [0.2, 0.25) is 0 Å². The number of hydrogen-bond acceptors (Lipinski definition) is 3. The number of H-pyrrole nitrogens is 1. The second-order valence-corrected chi connectivity index (χ2v) is 4.95. The lowest BCUT2D eigenvalue weighted by molar-refractivity contribution is 0.0733. The van der Waals surface area contributed by atoms with Crippen LogP contribution in [0.5, 0.6) is 0 Å². The first kappa shape index (κ1) is 9.81. The SMILES string of the molecule is O=C(c1cn[nH]n1)N(CC1CC1)CC1CC1. The first-order valence-corrected chi connectivity index (χ1v) is 5.98. The molecular weight excluding hydrogens is 204 g/mol. The summed E-state index contributed by atoms with van der Waals surface area (Å²) in [5.74, 6) is 1.50. The topological polar surface area (TPSA) is 61.9 Å². The maximum Gasteiger partial charge on any atom is 0.276 e. The Bertz CT molecular complexity index is 353. The van der Waals surface area contributed by atoms with Crippen LogP contribution in [-0.2, 0) is 0 Å². The number of aromatic nitrogens is 3. The van der Waals surface area contributed by atoms with Crippen molar-refractivity contribution in [2.45, 2.75) is 25.7 Å². The summed E-state index contributed by atoms with van der Waals surface area (Å²) in [6.45, 7) is 1.81. The molecule has 1 aromatic heterocycles. The minimum absolute atomic E-state index is 0.0348. The molecule has 1 aromatic rings. The fraction of sp³-hybridized carbons (Fsp3) is 0.727. The van der Waals surface area contributed by atoms with E-state index in [4.69, 9.17) is 0 Å². The van der Waals surface area contributed by atoms with Crippen LogP contribution in [-0.4, -0.2) is 39.3 Å². The predicted molar refractivity (Wildman–Crippen MR) is 57.7 cm³/mol. The molecule has 86 valence electrons. The molecule has 5 nitrogen and oxygen atoms in total. The van der Waals surface area contributed by atoms with E-state index in [1.165, 1.54) is 31.9 Å². The van der Waals surface area contributed by atoms with Crippen molar-refractivity contribution in [3.63, 3.8) is 0 Å². The van der Waals surface area contributed by atoms with Crippen LogP contribution >= 0.6 is 0 Å². The highest BCUT2D eigenvalue weighted by molar-refractivity contribution is 5.91. The molecule has 0 aromatic carbocycles. The molecule has 2 fully saturated rings. The van der Waals surface area contributed by atoms with Crippen molar-refractivity contribution in [3.05, 3.63) is 11.9 Å². The predicted octanol–water partition coefficient (Wildman–Crippen LogP) is 1.07. The zero-order chi connectivity index (χ0) is 11.0. The summed E-state index contributed by atoms with van der Waals surface area (Å²) in [5.41, 5.74) is 0.446. The van der Waals surface area contributed by atoms with E-state index in [1.807, 2.05) is 4.90 Å². The summed E-state index contributed by atoms with van der Waals surface area (Å²) in [4.78, 5) is 14.1.